The summed E-state index contributed by atoms with van der Waals surface area (Å²) in [6.45, 7) is 0.596. The summed E-state index contributed by atoms with van der Waals surface area (Å²) in [6.07, 6.45) is 2.35. The predicted molar refractivity (Wildman–Crippen MR) is 85.4 cm³/mol. The van der Waals surface area contributed by atoms with Crippen molar-refractivity contribution in [3.05, 3.63) is 31.9 Å². The first kappa shape index (κ1) is 18.1. The molecule has 0 saturated heterocycles. The molecule has 13 heteroatoms. The zero-order valence-electron chi connectivity index (χ0n) is 11.5. The van der Waals surface area contributed by atoms with E-state index in [0.717, 1.165) is 11.3 Å². The number of hydrogen-bond acceptors (Lipinski definition) is 7. The zero-order valence-corrected chi connectivity index (χ0v) is 14.6. The van der Waals surface area contributed by atoms with Crippen LogP contribution in [-0.2, 0) is 16.6 Å². The lowest BCUT2D eigenvalue weighted by atomic mass is 10.3. The molecule has 2 heterocycles. The zero-order chi connectivity index (χ0) is 17.0. The van der Waals surface area contributed by atoms with Crippen molar-refractivity contribution in [3.63, 3.8) is 0 Å². The Morgan fingerprint density at radius 3 is 2.70 bits per heavy atom. The number of thiophene rings is 1. The van der Waals surface area contributed by atoms with Gasteiger partial charge in [0.05, 0.1) is 16.6 Å². The van der Waals surface area contributed by atoms with Gasteiger partial charge in [-0.2, -0.15) is 4.68 Å². The van der Waals surface area contributed by atoms with Gasteiger partial charge < -0.3 is 10.1 Å². The van der Waals surface area contributed by atoms with Gasteiger partial charge in [0.2, 0.25) is 6.33 Å². The molecule has 0 aliphatic rings. The number of nitrogens with one attached hydrogen (secondary N) is 1. The molecule has 0 fully saturated rings. The van der Waals surface area contributed by atoms with E-state index in [2.05, 4.69) is 14.8 Å². The number of halogens is 2. The molecular formula is C10H11Cl2N5O4S2. The summed E-state index contributed by atoms with van der Waals surface area (Å²) in [6, 6.07) is 0. The first-order chi connectivity index (χ1) is 10.8. The largest absolute Gasteiger partial charge is 0.490 e. The van der Waals surface area contributed by atoms with Gasteiger partial charge in [-0.25, -0.2) is 13.1 Å². The fraction of sp³-hybridized carbons (Fsp3) is 0.400. The number of aromatic nitrogens is 3. The summed E-state index contributed by atoms with van der Waals surface area (Å²) in [4.78, 5) is 13.3. The maximum Gasteiger partial charge on any atom is 0.490 e. The number of rotatable bonds is 8. The molecule has 2 aromatic rings. The molecule has 0 aliphatic carbocycles. The summed E-state index contributed by atoms with van der Waals surface area (Å²) in [7, 11) is -3.69. The monoisotopic (exact) mass is 399 g/mol. The van der Waals surface area contributed by atoms with Crippen LogP contribution in [0, 0.1) is 10.1 Å². The molecule has 0 unspecified atom stereocenters. The second-order valence-corrected chi connectivity index (χ2v) is 7.98. The Kier molecular flexibility index (Phi) is 5.92. The summed E-state index contributed by atoms with van der Waals surface area (Å²) in [5.74, 6) is -0.463. The van der Waals surface area contributed by atoms with Crippen LogP contribution in [0.2, 0.25) is 10.0 Å². The second kappa shape index (κ2) is 7.53. The molecule has 2 aromatic heterocycles. The van der Waals surface area contributed by atoms with Gasteiger partial charge in [0.25, 0.3) is 10.0 Å². The highest BCUT2D eigenvalue weighted by Gasteiger charge is 2.21. The molecule has 0 bridgehead atoms. The Balaban J connectivity index is 1.78. The van der Waals surface area contributed by atoms with Gasteiger partial charge in [-0.3, -0.25) is 0 Å². The number of unbranched alkanes of at least 4 members (excludes halogenated alkanes) is 1. The summed E-state index contributed by atoms with van der Waals surface area (Å²) < 4.78 is 27.8. The third-order valence-corrected chi connectivity index (χ3v) is 6.83. The van der Waals surface area contributed by atoms with E-state index >= 15 is 0 Å². The van der Waals surface area contributed by atoms with Crippen molar-refractivity contribution in [1.82, 2.24) is 19.5 Å². The van der Waals surface area contributed by atoms with E-state index in [1.165, 1.54) is 16.4 Å². The van der Waals surface area contributed by atoms with Gasteiger partial charge in [-0.1, -0.05) is 28.2 Å². The summed E-state index contributed by atoms with van der Waals surface area (Å²) >= 11 is 12.5. The molecule has 0 spiro atoms. The fourth-order valence-electron chi connectivity index (χ4n) is 1.63. The molecule has 2 rings (SSSR count). The molecule has 0 radical (unpaired) electrons. The highest BCUT2D eigenvalue weighted by Crippen LogP contribution is 2.34. The molecule has 0 amide bonds. The van der Waals surface area contributed by atoms with Crippen molar-refractivity contribution < 1.29 is 13.3 Å². The van der Waals surface area contributed by atoms with Crippen molar-refractivity contribution in [2.45, 2.75) is 23.6 Å². The van der Waals surface area contributed by atoms with E-state index in [4.69, 9.17) is 23.2 Å². The lowest BCUT2D eigenvalue weighted by molar-refractivity contribution is -0.394. The standard InChI is InChI=1S/C10H11Cl2N5O4S2/c11-7-5-22-9(8(7)12)23(20,21)14-3-1-2-4-16-6-13-10(15-16)17(18)19/h5-6,14H,1-4H2. The van der Waals surface area contributed by atoms with Crippen LogP contribution in [0.3, 0.4) is 0 Å². The van der Waals surface area contributed by atoms with Gasteiger partial charge >= 0.3 is 5.95 Å². The van der Waals surface area contributed by atoms with Gasteiger partial charge in [0.1, 0.15) is 0 Å². The van der Waals surface area contributed by atoms with Gasteiger partial charge in [-0.15, -0.1) is 11.3 Å². The van der Waals surface area contributed by atoms with Crippen LogP contribution in [0.5, 0.6) is 0 Å². The van der Waals surface area contributed by atoms with Gasteiger partial charge in [0, 0.05) is 17.0 Å². The number of nitrogens with zero attached hydrogens (tertiary/aromatic N) is 4. The number of sulfonamides is 1. The Hall–Kier alpha value is -1.27. The quantitative estimate of drug-likeness (QED) is 0.413. The highest BCUT2D eigenvalue weighted by atomic mass is 35.5. The molecule has 0 aromatic carbocycles. The maximum atomic E-state index is 12.0. The molecule has 0 saturated carbocycles. The molecule has 126 valence electrons. The van der Waals surface area contributed by atoms with Crippen molar-refractivity contribution in [3.8, 4) is 0 Å². The first-order valence-corrected chi connectivity index (χ1v) is 9.39. The molecule has 0 aliphatic heterocycles. The smallest absolute Gasteiger partial charge is 0.390 e. The minimum atomic E-state index is -3.69. The number of hydrogen-bond donors (Lipinski definition) is 1. The fourth-order valence-corrected chi connectivity index (χ4v) is 4.79. The first-order valence-electron chi connectivity index (χ1n) is 6.27. The maximum absolute atomic E-state index is 12.0. The Morgan fingerprint density at radius 2 is 2.13 bits per heavy atom. The van der Waals surface area contributed by atoms with Crippen molar-refractivity contribution in [1.29, 1.82) is 0 Å². The van der Waals surface area contributed by atoms with Gasteiger partial charge in [-0.05, 0) is 17.8 Å². The van der Waals surface area contributed by atoms with E-state index in [9.17, 15) is 18.5 Å². The third kappa shape index (κ3) is 4.61. The van der Waals surface area contributed by atoms with E-state index in [-0.39, 0.29) is 20.8 Å². The van der Waals surface area contributed by atoms with Crippen LogP contribution in [-0.4, -0.2) is 34.7 Å². The lowest BCUT2D eigenvalue weighted by Gasteiger charge is -2.05. The summed E-state index contributed by atoms with van der Waals surface area (Å²) in [5, 5.41) is 15.8. The summed E-state index contributed by atoms with van der Waals surface area (Å²) in [5.41, 5.74) is 0. The third-order valence-electron chi connectivity index (χ3n) is 2.70. The van der Waals surface area contributed by atoms with Crippen LogP contribution in [0.15, 0.2) is 15.9 Å². The van der Waals surface area contributed by atoms with E-state index in [1.807, 2.05) is 0 Å². The molecule has 23 heavy (non-hydrogen) atoms. The predicted octanol–water partition coefficient (Wildman–Crippen LogP) is 2.31. The highest BCUT2D eigenvalue weighted by molar-refractivity contribution is 7.91. The van der Waals surface area contributed by atoms with Crippen LogP contribution in [0.1, 0.15) is 12.8 Å². The van der Waals surface area contributed by atoms with E-state index in [0.29, 0.717) is 19.4 Å². The van der Waals surface area contributed by atoms with E-state index in [1.54, 1.807) is 0 Å². The Labute approximate surface area is 145 Å². The lowest BCUT2D eigenvalue weighted by Crippen LogP contribution is -2.24. The van der Waals surface area contributed by atoms with Crippen molar-refractivity contribution in [2.75, 3.05) is 6.54 Å². The number of nitro groups is 1. The minimum absolute atomic E-state index is 0.0130. The van der Waals surface area contributed by atoms with Crippen molar-refractivity contribution >= 4 is 50.5 Å². The Morgan fingerprint density at radius 1 is 1.39 bits per heavy atom. The van der Waals surface area contributed by atoms with Gasteiger partial charge in [0.15, 0.2) is 4.21 Å². The van der Waals surface area contributed by atoms with Crippen molar-refractivity contribution in [2.24, 2.45) is 0 Å². The molecule has 0 atom stereocenters. The van der Waals surface area contributed by atoms with Crippen LogP contribution in [0.4, 0.5) is 5.95 Å². The SMILES string of the molecule is O=[N+]([O-])c1ncn(CCCCNS(=O)(=O)c2scc(Cl)c2Cl)n1. The normalized spacial score (nSPS) is 11.7. The van der Waals surface area contributed by atoms with Crippen LogP contribution >= 0.6 is 34.5 Å². The average molecular weight is 400 g/mol. The Bertz CT molecular complexity index is 804. The average Bonchev–Trinajstić information content (AvgIpc) is 3.07. The van der Waals surface area contributed by atoms with Crippen LogP contribution < -0.4 is 4.72 Å². The molecule has 1 N–H and O–H groups in total. The second-order valence-electron chi connectivity index (χ2n) is 4.35. The topological polar surface area (TPSA) is 120 Å². The molecular weight excluding hydrogens is 389 g/mol. The van der Waals surface area contributed by atoms with E-state index < -0.39 is 20.9 Å². The number of aryl methyl sites for hydroxylation is 1. The minimum Gasteiger partial charge on any atom is -0.390 e. The van der Waals surface area contributed by atoms with Crippen LogP contribution in [0.25, 0.3) is 0 Å². The molecule has 9 nitrogen and oxygen atoms in total.